The molecule has 0 bridgehead atoms. The predicted molar refractivity (Wildman–Crippen MR) is 65.2 cm³/mol. The maximum absolute atomic E-state index is 4.55. The summed E-state index contributed by atoms with van der Waals surface area (Å²) >= 11 is 1.80. The van der Waals surface area contributed by atoms with Crippen LogP contribution in [0.1, 0.15) is 41.8 Å². The van der Waals surface area contributed by atoms with Crippen LogP contribution in [-0.4, -0.2) is 11.0 Å². The summed E-state index contributed by atoms with van der Waals surface area (Å²) in [4.78, 5) is 5.91. The number of hydrogen-bond donors (Lipinski definition) is 1. The molecule has 1 N–H and O–H groups in total. The highest BCUT2D eigenvalue weighted by Gasteiger charge is 2.20. The van der Waals surface area contributed by atoms with E-state index in [4.69, 9.17) is 0 Å². The first-order valence-electron chi connectivity index (χ1n) is 5.81. The van der Waals surface area contributed by atoms with Gasteiger partial charge in [-0.1, -0.05) is 6.92 Å². The Morgan fingerprint density at radius 3 is 2.73 bits per heavy atom. The Bertz CT molecular complexity index is 332. The topological polar surface area (TPSA) is 24.9 Å². The quantitative estimate of drug-likeness (QED) is 0.853. The highest BCUT2D eigenvalue weighted by Crippen LogP contribution is 2.25. The monoisotopic (exact) mass is 224 g/mol. The van der Waals surface area contributed by atoms with Crippen LogP contribution in [0.5, 0.6) is 0 Å². The minimum absolute atomic E-state index is 0.724. The third-order valence-corrected chi connectivity index (χ3v) is 4.18. The first kappa shape index (κ1) is 11.1. The van der Waals surface area contributed by atoms with E-state index in [0.717, 1.165) is 18.5 Å². The summed E-state index contributed by atoms with van der Waals surface area (Å²) in [6, 6.07) is 0.724. The maximum Gasteiger partial charge on any atom is 0.0900 e. The van der Waals surface area contributed by atoms with E-state index in [9.17, 15) is 0 Å². The molecule has 1 aliphatic rings. The van der Waals surface area contributed by atoms with Crippen LogP contribution in [0.4, 0.5) is 0 Å². The molecule has 0 aromatic carbocycles. The normalized spacial score (nSPS) is 26.1. The Kier molecular flexibility index (Phi) is 3.42. The lowest BCUT2D eigenvalue weighted by Crippen LogP contribution is -2.26. The van der Waals surface area contributed by atoms with E-state index in [0.29, 0.717) is 0 Å². The third kappa shape index (κ3) is 2.79. The van der Waals surface area contributed by atoms with E-state index in [1.54, 1.807) is 11.3 Å². The fourth-order valence-corrected chi connectivity index (χ4v) is 3.20. The zero-order valence-electron chi connectivity index (χ0n) is 9.84. The molecule has 2 nitrogen and oxygen atoms in total. The first-order valence-corrected chi connectivity index (χ1v) is 6.63. The summed E-state index contributed by atoms with van der Waals surface area (Å²) in [5, 5.41) is 4.81. The smallest absolute Gasteiger partial charge is 0.0900 e. The summed E-state index contributed by atoms with van der Waals surface area (Å²) in [6.07, 6.45) is 4.05. The minimum atomic E-state index is 0.724. The van der Waals surface area contributed by atoms with Gasteiger partial charge in [-0.15, -0.1) is 11.3 Å². The van der Waals surface area contributed by atoms with Gasteiger partial charge in [0.2, 0.25) is 0 Å². The van der Waals surface area contributed by atoms with Crippen molar-refractivity contribution in [3.63, 3.8) is 0 Å². The average molecular weight is 224 g/mol. The lowest BCUT2D eigenvalue weighted by molar-refractivity contribution is 0.498. The molecule has 1 aromatic rings. The van der Waals surface area contributed by atoms with Crippen LogP contribution in [0.15, 0.2) is 0 Å². The SMILES string of the molecule is Cc1nc(CNC2CCC(C)C2)c(C)s1. The Morgan fingerprint density at radius 2 is 2.20 bits per heavy atom. The van der Waals surface area contributed by atoms with Gasteiger partial charge in [-0.05, 0) is 39.0 Å². The van der Waals surface area contributed by atoms with Gasteiger partial charge in [0.05, 0.1) is 10.7 Å². The van der Waals surface area contributed by atoms with E-state index in [1.807, 2.05) is 0 Å². The van der Waals surface area contributed by atoms with E-state index in [1.165, 1.54) is 34.8 Å². The van der Waals surface area contributed by atoms with Crippen molar-refractivity contribution < 1.29 is 0 Å². The highest BCUT2D eigenvalue weighted by molar-refractivity contribution is 7.11. The van der Waals surface area contributed by atoms with Gasteiger partial charge in [0.1, 0.15) is 0 Å². The van der Waals surface area contributed by atoms with Crippen molar-refractivity contribution in [1.82, 2.24) is 10.3 Å². The fraction of sp³-hybridized carbons (Fsp3) is 0.750. The van der Waals surface area contributed by atoms with Crippen LogP contribution in [0.3, 0.4) is 0 Å². The molecule has 0 amide bonds. The van der Waals surface area contributed by atoms with Crippen LogP contribution in [0, 0.1) is 19.8 Å². The van der Waals surface area contributed by atoms with E-state index in [2.05, 4.69) is 31.1 Å². The van der Waals surface area contributed by atoms with Gasteiger partial charge in [-0.2, -0.15) is 0 Å². The van der Waals surface area contributed by atoms with Crippen molar-refractivity contribution in [2.45, 2.75) is 52.6 Å². The largest absolute Gasteiger partial charge is 0.308 e. The number of rotatable bonds is 3. The van der Waals surface area contributed by atoms with Crippen LogP contribution < -0.4 is 5.32 Å². The van der Waals surface area contributed by atoms with Crippen LogP contribution in [-0.2, 0) is 6.54 Å². The zero-order chi connectivity index (χ0) is 10.8. The molecular weight excluding hydrogens is 204 g/mol. The van der Waals surface area contributed by atoms with Crippen molar-refractivity contribution in [3.05, 3.63) is 15.6 Å². The average Bonchev–Trinajstić information content (AvgIpc) is 2.70. The first-order chi connectivity index (χ1) is 7.15. The van der Waals surface area contributed by atoms with E-state index < -0.39 is 0 Å². The molecule has 1 aromatic heterocycles. The van der Waals surface area contributed by atoms with Crippen LogP contribution in [0.2, 0.25) is 0 Å². The highest BCUT2D eigenvalue weighted by atomic mass is 32.1. The van der Waals surface area contributed by atoms with E-state index >= 15 is 0 Å². The number of aryl methyl sites for hydroxylation is 2. The number of hydrogen-bond acceptors (Lipinski definition) is 3. The summed E-state index contributed by atoms with van der Waals surface area (Å²) in [6.45, 7) is 7.55. The maximum atomic E-state index is 4.55. The Balaban J connectivity index is 1.85. The molecule has 0 aliphatic heterocycles. The van der Waals surface area contributed by atoms with E-state index in [-0.39, 0.29) is 0 Å². The summed E-state index contributed by atoms with van der Waals surface area (Å²) < 4.78 is 0. The van der Waals surface area contributed by atoms with Crippen molar-refractivity contribution >= 4 is 11.3 Å². The molecule has 1 saturated carbocycles. The van der Waals surface area contributed by atoms with Crippen molar-refractivity contribution in [3.8, 4) is 0 Å². The number of aromatic nitrogens is 1. The minimum Gasteiger partial charge on any atom is -0.308 e. The molecule has 15 heavy (non-hydrogen) atoms. The molecule has 0 saturated heterocycles. The van der Waals surface area contributed by atoms with Gasteiger partial charge >= 0.3 is 0 Å². The standard InChI is InChI=1S/C12H20N2S/c1-8-4-5-11(6-8)13-7-12-9(2)15-10(3)14-12/h8,11,13H,4-7H2,1-3H3. The Morgan fingerprint density at radius 1 is 1.40 bits per heavy atom. The lowest BCUT2D eigenvalue weighted by atomic mass is 10.1. The van der Waals surface area contributed by atoms with Gasteiger partial charge in [0.25, 0.3) is 0 Å². The van der Waals surface area contributed by atoms with Crippen LogP contribution >= 0.6 is 11.3 Å². The lowest BCUT2D eigenvalue weighted by Gasteiger charge is -2.11. The van der Waals surface area contributed by atoms with Crippen molar-refractivity contribution in [2.75, 3.05) is 0 Å². The molecule has 3 heteroatoms. The molecule has 2 atom stereocenters. The van der Waals surface area contributed by atoms with Crippen molar-refractivity contribution in [1.29, 1.82) is 0 Å². The number of thiazole rings is 1. The Hall–Kier alpha value is -0.410. The molecule has 2 rings (SSSR count). The summed E-state index contributed by atoms with van der Waals surface area (Å²) in [7, 11) is 0. The van der Waals surface area contributed by atoms with Crippen LogP contribution in [0.25, 0.3) is 0 Å². The molecular formula is C12H20N2S. The van der Waals surface area contributed by atoms with Gasteiger partial charge in [0.15, 0.2) is 0 Å². The van der Waals surface area contributed by atoms with Gasteiger partial charge < -0.3 is 5.32 Å². The molecule has 1 aliphatic carbocycles. The fourth-order valence-electron chi connectivity index (χ4n) is 2.37. The number of nitrogens with one attached hydrogen (secondary N) is 1. The zero-order valence-corrected chi connectivity index (χ0v) is 10.7. The second-order valence-electron chi connectivity index (χ2n) is 4.73. The number of nitrogens with zero attached hydrogens (tertiary/aromatic N) is 1. The second-order valence-corrected chi connectivity index (χ2v) is 6.14. The molecule has 84 valence electrons. The molecule has 1 heterocycles. The van der Waals surface area contributed by atoms with Gasteiger partial charge in [-0.25, -0.2) is 4.98 Å². The Labute approximate surface area is 96.1 Å². The third-order valence-electron chi connectivity index (χ3n) is 3.25. The molecule has 0 spiro atoms. The molecule has 1 fully saturated rings. The second kappa shape index (κ2) is 4.62. The molecule has 2 unspecified atom stereocenters. The predicted octanol–water partition coefficient (Wildman–Crippen LogP) is 3.04. The summed E-state index contributed by atoms with van der Waals surface area (Å²) in [5.41, 5.74) is 1.25. The van der Waals surface area contributed by atoms with Gasteiger partial charge in [0, 0.05) is 17.5 Å². The van der Waals surface area contributed by atoms with Gasteiger partial charge in [-0.3, -0.25) is 0 Å². The van der Waals surface area contributed by atoms with Crippen molar-refractivity contribution in [2.24, 2.45) is 5.92 Å². The summed E-state index contributed by atoms with van der Waals surface area (Å²) in [5.74, 6) is 0.903. The molecule has 0 radical (unpaired) electrons.